The topological polar surface area (TPSA) is 85.7 Å². The number of amides is 2. The molecule has 1 aromatic carbocycles. The molecular weight excluding hydrogens is 456 g/mol. The summed E-state index contributed by atoms with van der Waals surface area (Å²) < 4.78 is 13.4. The zero-order chi connectivity index (χ0) is 24.9. The monoisotopic (exact) mass is 492 g/mol. The first kappa shape index (κ1) is 24.6. The number of fused-ring (bicyclic) bond motifs is 1. The van der Waals surface area contributed by atoms with Crippen LogP contribution >= 0.6 is 0 Å². The van der Waals surface area contributed by atoms with Crippen molar-refractivity contribution in [3.05, 3.63) is 59.2 Å². The molecule has 0 bridgehead atoms. The molecule has 1 N–H and O–H groups in total. The maximum absolute atomic E-state index is 13.3. The van der Waals surface area contributed by atoms with Crippen molar-refractivity contribution in [2.75, 3.05) is 26.7 Å². The molecule has 8 heteroatoms. The van der Waals surface area contributed by atoms with Gasteiger partial charge in [-0.2, -0.15) is 0 Å². The summed E-state index contributed by atoms with van der Waals surface area (Å²) in [5, 5.41) is 3.11. The van der Waals surface area contributed by atoms with Crippen molar-refractivity contribution in [1.29, 1.82) is 0 Å². The summed E-state index contributed by atoms with van der Waals surface area (Å²) in [6, 6.07) is 7.86. The molecule has 0 unspecified atom stereocenters. The average molecular weight is 493 g/mol. The quantitative estimate of drug-likeness (QED) is 0.590. The number of ether oxygens (including phenoxy) is 2. The first-order valence-corrected chi connectivity index (χ1v) is 13.2. The van der Waals surface area contributed by atoms with Crippen LogP contribution in [-0.2, 0) is 22.7 Å². The number of carbonyl (C=O) groups is 2. The molecule has 1 aliphatic carbocycles. The molecule has 1 saturated heterocycles. The van der Waals surface area contributed by atoms with Gasteiger partial charge in [0.2, 0.25) is 5.91 Å². The maximum Gasteiger partial charge on any atom is 0.274 e. The summed E-state index contributed by atoms with van der Waals surface area (Å²) >= 11 is 0. The minimum absolute atomic E-state index is 0.0288. The van der Waals surface area contributed by atoms with Crippen LogP contribution in [0.25, 0.3) is 0 Å². The van der Waals surface area contributed by atoms with E-state index in [0.717, 1.165) is 23.4 Å². The van der Waals surface area contributed by atoms with Gasteiger partial charge in [0.05, 0.1) is 32.3 Å². The van der Waals surface area contributed by atoms with E-state index in [4.69, 9.17) is 9.47 Å². The van der Waals surface area contributed by atoms with Crippen molar-refractivity contribution in [3.8, 4) is 5.75 Å². The van der Waals surface area contributed by atoms with Crippen LogP contribution < -0.4 is 10.1 Å². The normalized spacial score (nSPS) is 20.4. The van der Waals surface area contributed by atoms with Gasteiger partial charge < -0.3 is 24.3 Å². The van der Waals surface area contributed by atoms with Crippen LogP contribution in [0.15, 0.2) is 42.2 Å². The van der Waals surface area contributed by atoms with Gasteiger partial charge >= 0.3 is 0 Å². The molecule has 3 aliphatic rings. The van der Waals surface area contributed by atoms with E-state index in [1.54, 1.807) is 13.4 Å². The number of carbonyl (C=O) groups excluding carboxylic acids is 2. The second kappa shape index (κ2) is 11.3. The third-order valence-corrected chi connectivity index (χ3v) is 7.70. The van der Waals surface area contributed by atoms with Gasteiger partial charge in [0.1, 0.15) is 11.9 Å². The molecule has 0 spiro atoms. The van der Waals surface area contributed by atoms with Crippen LogP contribution in [-0.4, -0.2) is 53.0 Å². The molecule has 2 amide bonds. The molecule has 0 saturated carbocycles. The largest absolute Gasteiger partial charge is 0.497 e. The highest BCUT2D eigenvalue weighted by Crippen LogP contribution is 2.30. The summed E-state index contributed by atoms with van der Waals surface area (Å²) in [6.07, 6.45) is 11.2. The first-order valence-electron chi connectivity index (χ1n) is 13.2. The summed E-state index contributed by atoms with van der Waals surface area (Å²) in [5.74, 6) is 0.831. The van der Waals surface area contributed by atoms with Crippen molar-refractivity contribution in [1.82, 2.24) is 19.8 Å². The molecule has 36 heavy (non-hydrogen) atoms. The highest BCUT2D eigenvalue weighted by molar-refractivity contribution is 5.93. The van der Waals surface area contributed by atoms with Gasteiger partial charge in [-0.1, -0.05) is 23.8 Å². The van der Waals surface area contributed by atoms with Crippen LogP contribution in [0, 0.1) is 5.92 Å². The number of benzene rings is 1. The summed E-state index contributed by atoms with van der Waals surface area (Å²) in [6.45, 7) is 2.81. The molecule has 1 atom stereocenters. The Morgan fingerprint density at radius 1 is 1.17 bits per heavy atom. The van der Waals surface area contributed by atoms with Crippen LogP contribution in [0.5, 0.6) is 5.75 Å². The standard InChI is InChI=1S/C28H36N4O4/c1-35-23-9-7-21(8-10-23)25-17-32-19-30-26(24(32)18-36-25)28(34)31-15-12-22(13-16-31)27(33)29-14-11-20-5-3-2-4-6-20/h5,7-10,19,22,25H,2-4,6,11-18H2,1H3,(H,29,33)/t25-/m0/s1. The lowest BCUT2D eigenvalue weighted by Crippen LogP contribution is -2.43. The number of methoxy groups -OCH3 is 1. The number of piperidine rings is 1. The number of rotatable bonds is 7. The summed E-state index contributed by atoms with van der Waals surface area (Å²) in [4.78, 5) is 32.2. The van der Waals surface area contributed by atoms with Crippen molar-refractivity contribution < 1.29 is 19.1 Å². The van der Waals surface area contributed by atoms with Gasteiger partial charge in [-0.25, -0.2) is 4.98 Å². The Bertz CT molecular complexity index is 1100. The Morgan fingerprint density at radius 3 is 2.69 bits per heavy atom. The second-order valence-electron chi connectivity index (χ2n) is 9.98. The van der Waals surface area contributed by atoms with Gasteiger partial charge in [0.15, 0.2) is 5.69 Å². The number of nitrogens with zero attached hydrogens (tertiary/aromatic N) is 3. The number of aromatic nitrogens is 2. The lowest BCUT2D eigenvalue weighted by molar-refractivity contribution is -0.126. The van der Waals surface area contributed by atoms with E-state index < -0.39 is 0 Å². The smallest absolute Gasteiger partial charge is 0.274 e. The fourth-order valence-corrected chi connectivity index (χ4v) is 5.44. The first-order chi connectivity index (χ1) is 17.6. The molecule has 2 aliphatic heterocycles. The Labute approximate surface area is 212 Å². The zero-order valence-corrected chi connectivity index (χ0v) is 21.1. The number of hydrogen-bond acceptors (Lipinski definition) is 5. The van der Waals surface area contributed by atoms with E-state index in [1.165, 1.54) is 31.3 Å². The van der Waals surface area contributed by atoms with E-state index in [-0.39, 0.29) is 23.8 Å². The molecule has 0 radical (unpaired) electrons. The Morgan fingerprint density at radius 2 is 1.97 bits per heavy atom. The lowest BCUT2D eigenvalue weighted by atomic mass is 9.95. The molecule has 2 aromatic rings. The summed E-state index contributed by atoms with van der Waals surface area (Å²) in [7, 11) is 1.65. The van der Waals surface area contributed by atoms with Gasteiger partial charge in [-0.3, -0.25) is 9.59 Å². The molecule has 5 rings (SSSR count). The third-order valence-electron chi connectivity index (χ3n) is 7.70. The van der Waals surface area contributed by atoms with Crippen LogP contribution in [0.1, 0.15) is 72.8 Å². The molecule has 8 nitrogen and oxygen atoms in total. The number of nitrogens with one attached hydrogen (secondary N) is 1. The number of likely N-dealkylation sites (tertiary alicyclic amines) is 1. The van der Waals surface area contributed by atoms with Crippen LogP contribution in [0.4, 0.5) is 0 Å². The van der Waals surface area contributed by atoms with E-state index in [0.29, 0.717) is 51.3 Å². The zero-order valence-electron chi connectivity index (χ0n) is 21.1. The van der Waals surface area contributed by atoms with E-state index in [2.05, 4.69) is 16.4 Å². The number of allylic oxidation sites excluding steroid dienone is 1. The molecule has 1 aromatic heterocycles. The Kier molecular flexibility index (Phi) is 7.70. The van der Waals surface area contributed by atoms with Crippen LogP contribution in [0.3, 0.4) is 0 Å². The Balaban J connectivity index is 1.11. The number of imidazole rings is 1. The molecule has 192 valence electrons. The van der Waals surface area contributed by atoms with E-state index in [9.17, 15) is 9.59 Å². The van der Waals surface area contributed by atoms with Crippen molar-refractivity contribution in [3.63, 3.8) is 0 Å². The lowest BCUT2D eigenvalue weighted by Gasteiger charge is -2.31. The van der Waals surface area contributed by atoms with E-state index >= 15 is 0 Å². The van der Waals surface area contributed by atoms with Gasteiger partial charge in [-0.15, -0.1) is 0 Å². The molecule has 3 heterocycles. The minimum Gasteiger partial charge on any atom is -0.497 e. The Hall–Kier alpha value is -3.13. The highest BCUT2D eigenvalue weighted by Gasteiger charge is 2.32. The summed E-state index contributed by atoms with van der Waals surface area (Å²) in [5.41, 5.74) is 3.83. The predicted molar refractivity (Wildman–Crippen MR) is 136 cm³/mol. The van der Waals surface area contributed by atoms with Crippen LogP contribution in [0.2, 0.25) is 0 Å². The van der Waals surface area contributed by atoms with Crippen molar-refractivity contribution in [2.45, 2.75) is 64.2 Å². The number of hydrogen-bond donors (Lipinski definition) is 1. The maximum atomic E-state index is 13.3. The molecular formula is C28H36N4O4. The SMILES string of the molecule is COc1ccc([C@@H]2Cn3cnc(C(=O)N4CCC(C(=O)NCCC5=CCCCC5)CC4)c3CO2)cc1. The fraction of sp³-hybridized carbons (Fsp3) is 0.536. The van der Waals surface area contributed by atoms with Crippen molar-refractivity contribution >= 4 is 11.8 Å². The predicted octanol–water partition coefficient (Wildman–Crippen LogP) is 4.02. The van der Waals surface area contributed by atoms with Gasteiger partial charge in [0.25, 0.3) is 5.91 Å². The minimum atomic E-state index is -0.0933. The van der Waals surface area contributed by atoms with Gasteiger partial charge in [0, 0.05) is 25.6 Å². The van der Waals surface area contributed by atoms with Gasteiger partial charge in [-0.05, 0) is 62.6 Å². The highest BCUT2D eigenvalue weighted by atomic mass is 16.5. The molecule has 1 fully saturated rings. The fourth-order valence-electron chi connectivity index (χ4n) is 5.44. The van der Waals surface area contributed by atoms with E-state index in [1.807, 2.05) is 33.7 Å². The average Bonchev–Trinajstić information content (AvgIpc) is 3.36. The third kappa shape index (κ3) is 5.48. The van der Waals surface area contributed by atoms with Crippen molar-refractivity contribution in [2.24, 2.45) is 5.92 Å². The second-order valence-corrected chi connectivity index (χ2v) is 9.98.